The van der Waals surface area contributed by atoms with Crippen LogP contribution in [0.4, 0.5) is 16.2 Å². The summed E-state index contributed by atoms with van der Waals surface area (Å²) in [5.74, 6) is -0.744. The van der Waals surface area contributed by atoms with Crippen LogP contribution in [0.2, 0.25) is 0 Å². The van der Waals surface area contributed by atoms with Gasteiger partial charge in [-0.1, -0.05) is 0 Å². The summed E-state index contributed by atoms with van der Waals surface area (Å²) in [5, 5.41) is 11.2. The van der Waals surface area contributed by atoms with E-state index in [1.165, 1.54) is 19.2 Å². The van der Waals surface area contributed by atoms with Gasteiger partial charge in [0.05, 0.1) is 24.1 Å². The van der Waals surface area contributed by atoms with Crippen LogP contribution < -0.4 is 4.90 Å². The summed E-state index contributed by atoms with van der Waals surface area (Å²) in [7, 11) is 1.19. The second kappa shape index (κ2) is 7.29. The van der Waals surface area contributed by atoms with Gasteiger partial charge in [0.15, 0.2) is 0 Å². The molecule has 2 aliphatic heterocycles. The topological polar surface area (TPSA) is 102 Å². The molecular weight excluding hydrogens is 366 g/mol. The number of benzene rings is 1. The molecule has 9 heteroatoms. The number of methoxy groups -OCH3 is 1. The molecule has 0 N–H and O–H groups in total. The number of nitro groups is 1. The fourth-order valence-corrected chi connectivity index (χ4v) is 3.99. The lowest BCUT2D eigenvalue weighted by molar-refractivity contribution is -0.385. The van der Waals surface area contributed by atoms with Crippen LogP contribution in [-0.2, 0) is 9.47 Å². The Balaban J connectivity index is 1.83. The SMILES string of the molecule is COC(=O)c1cc(N2CCC3C2CCN3C(=O)OC(C)(C)C)ccc1[N+](=O)[O-]. The third kappa shape index (κ3) is 3.74. The van der Waals surface area contributed by atoms with Crippen molar-refractivity contribution < 1.29 is 24.0 Å². The third-order valence-electron chi connectivity index (χ3n) is 5.12. The van der Waals surface area contributed by atoms with E-state index < -0.39 is 16.5 Å². The maximum absolute atomic E-state index is 12.5. The second-order valence-electron chi connectivity index (χ2n) is 8.03. The van der Waals surface area contributed by atoms with Gasteiger partial charge >= 0.3 is 12.1 Å². The molecule has 0 saturated carbocycles. The van der Waals surface area contributed by atoms with Gasteiger partial charge in [-0.05, 0) is 45.7 Å². The number of fused-ring (bicyclic) bond motifs is 1. The monoisotopic (exact) mass is 391 g/mol. The standard InChI is InChI=1S/C19H25N3O6/c1-19(2,3)28-18(24)21-10-8-15-16(21)7-9-20(15)12-5-6-14(22(25)26)13(11-12)17(23)27-4/h5-6,11,15-16H,7-10H2,1-4H3. The van der Waals surface area contributed by atoms with Crippen molar-refractivity contribution in [2.24, 2.45) is 0 Å². The van der Waals surface area contributed by atoms with E-state index in [9.17, 15) is 19.7 Å². The zero-order valence-electron chi connectivity index (χ0n) is 16.5. The van der Waals surface area contributed by atoms with Crippen molar-refractivity contribution in [3.8, 4) is 0 Å². The molecule has 1 aromatic rings. The van der Waals surface area contributed by atoms with E-state index in [2.05, 4.69) is 4.90 Å². The van der Waals surface area contributed by atoms with Crippen molar-refractivity contribution in [3.63, 3.8) is 0 Å². The number of amides is 1. The Labute approximate surface area is 163 Å². The Morgan fingerprint density at radius 2 is 1.86 bits per heavy atom. The van der Waals surface area contributed by atoms with E-state index in [0.29, 0.717) is 18.8 Å². The largest absolute Gasteiger partial charge is 0.465 e. The van der Waals surface area contributed by atoms with E-state index >= 15 is 0 Å². The van der Waals surface area contributed by atoms with Crippen LogP contribution in [0.15, 0.2) is 18.2 Å². The normalized spacial score (nSPS) is 21.4. The van der Waals surface area contributed by atoms with Gasteiger partial charge in [0.1, 0.15) is 11.2 Å². The summed E-state index contributed by atoms with van der Waals surface area (Å²) in [6, 6.07) is 4.58. The number of ether oxygens (including phenoxy) is 2. The van der Waals surface area contributed by atoms with Crippen LogP contribution in [0.5, 0.6) is 0 Å². The number of nitrogens with zero attached hydrogens (tertiary/aromatic N) is 3. The van der Waals surface area contributed by atoms with Crippen molar-refractivity contribution in [2.45, 2.75) is 51.3 Å². The highest BCUT2D eigenvalue weighted by molar-refractivity contribution is 5.95. The summed E-state index contributed by atoms with van der Waals surface area (Å²) < 4.78 is 10.2. The van der Waals surface area contributed by atoms with E-state index in [0.717, 1.165) is 12.8 Å². The quantitative estimate of drug-likeness (QED) is 0.443. The maximum atomic E-state index is 12.5. The molecule has 2 saturated heterocycles. The van der Waals surface area contributed by atoms with Crippen LogP contribution in [0.3, 0.4) is 0 Å². The van der Waals surface area contributed by atoms with Gasteiger partial charge in [0, 0.05) is 24.8 Å². The Morgan fingerprint density at radius 3 is 2.46 bits per heavy atom. The molecule has 0 radical (unpaired) electrons. The molecule has 2 heterocycles. The van der Waals surface area contributed by atoms with Crippen LogP contribution >= 0.6 is 0 Å². The fraction of sp³-hybridized carbons (Fsp3) is 0.579. The molecule has 0 aliphatic carbocycles. The molecule has 28 heavy (non-hydrogen) atoms. The van der Waals surface area contributed by atoms with Gasteiger partial charge in [-0.2, -0.15) is 0 Å². The molecule has 152 valence electrons. The van der Waals surface area contributed by atoms with Crippen molar-refractivity contribution in [2.75, 3.05) is 25.1 Å². The van der Waals surface area contributed by atoms with Crippen molar-refractivity contribution >= 4 is 23.4 Å². The minimum Gasteiger partial charge on any atom is -0.465 e. The average molecular weight is 391 g/mol. The Hall–Kier alpha value is -2.84. The number of carbonyl (C=O) groups is 2. The molecule has 2 aliphatic rings. The van der Waals surface area contributed by atoms with Crippen LogP contribution in [0.25, 0.3) is 0 Å². The predicted octanol–water partition coefficient (Wildman–Crippen LogP) is 2.97. The number of rotatable bonds is 3. The number of hydrogen-bond acceptors (Lipinski definition) is 7. The molecule has 0 bridgehead atoms. The fourth-order valence-electron chi connectivity index (χ4n) is 3.99. The second-order valence-corrected chi connectivity index (χ2v) is 8.03. The zero-order valence-corrected chi connectivity index (χ0v) is 16.5. The molecule has 2 unspecified atom stereocenters. The number of carbonyl (C=O) groups excluding carboxylic acids is 2. The van der Waals surface area contributed by atoms with Crippen molar-refractivity contribution in [3.05, 3.63) is 33.9 Å². The minimum absolute atomic E-state index is 0.0200. The van der Waals surface area contributed by atoms with Gasteiger partial charge in [-0.15, -0.1) is 0 Å². The molecule has 0 aromatic heterocycles. The summed E-state index contributed by atoms with van der Waals surface area (Å²) in [6.45, 7) is 6.80. The zero-order chi connectivity index (χ0) is 20.6. The van der Waals surface area contributed by atoms with Crippen LogP contribution in [-0.4, -0.2) is 59.8 Å². The molecule has 1 amide bonds. The number of hydrogen-bond donors (Lipinski definition) is 0. The predicted molar refractivity (Wildman–Crippen MR) is 102 cm³/mol. The maximum Gasteiger partial charge on any atom is 0.410 e. The molecule has 0 spiro atoms. The smallest absolute Gasteiger partial charge is 0.410 e. The van der Waals surface area contributed by atoms with Crippen molar-refractivity contribution in [1.29, 1.82) is 0 Å². The first kappa shape index (κ1) is 19.9. The highest BCUT2D eigenvalue weighted by Crippen LogP contribution is 2.37. The molecule has 2 atom stereocenters. The Bertz CT molecular complexity index is 803. The highest BCUT2D eigenvalue weighted by atomic mass is 16.6. The van der Waals surface area contributed by atoms with Crippen LogP contribution in [0.1, 0.15) is 44.0 Å². The number of likely N-dealkylation sites (tertiary alicyclic amines) is 1. The minimum atomic E-state index is -0.744. The summed E-state index contributed by atoms with van der Waals surface area (Å²) in [5.41, 5.74) is -0.200. The number of anilines is 1. The Morgan fingerprint density at radius 1 is 1.18 bits per heavy atom. The van der Waals surface area contributed by atoms with E-state index in [1.807, 2.05) is 20.8 Å². The van der Waals surface area contributed by atoms with Crippen LogP contribution in [0, 0.1) is 10.1 Å². The summed E-state index contributed by atoms with van der Waals surface area (Å²) in [4.78, 5) is 39.0. The summed E-state index contributed by atoms with van der Waals surface area (Å²) >= 11 is 0. The van der Waals surface area contributed by atoms with Gasteiger partial charge in [-0.3, -0.25) is 10.1 Å². The average Bonchev–Trinajstić information content (AvgIpc) is 3.20. The summed E-state index contributed by atoms with van der Waals surface area (Å²) in [6.07, 6.45) is 1.23. The first-order valence-electron chi connectivity index (χ1n) is 9.25. The molecular formula is C19H25N3O6. The van der Waals surface area contributed by atoms with E-state index in [4.69, 9.17) is 9.47 Å². The Kier molecular flexibility index (Phi) is 5.18. The van der Waals surface area contributed by atoms with Gasteiger partial charge in [0.25, 0.3) is 5.69 Å². The van der Waals surface area contributed by atoms with Crippen molar-refractivity contribution in [1.82, 2.24) is 4.90 Å². The van der Waals surface area contributed by atoms with Gasteiger partial charge in [-0.25, -0.2) is 9.59 Å². The lowest BCUT2D eigenvalue weighted by Gasteiger charge is -2.29. The lowest BCUT2D eigenvalue weighted by atomic mass is 10.1. The first-order chi connectivity index (χ1) is 13.1. The molecule has 1 aromatic carbocycles. The highest BCUT2D eigenvalue weighted by Gasteiger charge is 2.46. The third-order valence-corrected chi connectivity index (χ3v) is 5.12. The van der Waals surface area contributed by atoms with Gasteiger partial charge in [0.2, 0.25) is 0 Å². The molecule has 2 fully saturated rings. The number of esters is 1. The number of nitro benzene ring substituents is 1. The van der Waals surface area contributed by atoms with E-state index in [1.54, 1.807) is 11.0 Å². The van der Waals surface area contributed by atoms with E-state index in [-0.39, 0.29) is 29.4 Å². The van der Waals surface area contributed by atoms with Gasteiger partial charge < -0.3 is 19.3 Å². The lowest BCUT2D eigenvalue weighted by Crippen LogP contribution is -2.42. The molecule has 3 rings (SSSR count). The molecule has 9 nitrogen and oxygen atoms in total. The first-order valence-corrected chi connectivity index (χ1v) is 9.25.